The lowest BCUT2D eigenvalue weighted by molar-refractivity contribution is 0.0691. The van der Waals surface area contributed by atoms with Gasteiger partial charge in [0.2, 0.25) is 0 Å². The molecule has 5 heteroatoms. The van der Waals surface area contributed by atoms with Gasteiger partial charge in [0.1, 0.15) is 6.33 Å². The highest BCUT2D eigenvalue weighted by Gasteiger charge is 2.06. The minimum Gasteiger partial charge on any atom is -0.476 e. The van der Waals surface area contributed by atoms with E-state index in [9.17, 15) is 4.79 Å². The Hall–Kier alpha value is -2.30. The zero-order valence-corrected chi connectivity index (χ0v) is 7.79. The number of carbonyl (C=O) groups is 1. The Kier molecular flexibility index (Phi) is 2.13. The summed E-state index contributed by atoms with van der Waals surface area (Å²) in [6.45, 7) is 0. The van der Waals surface area contributed by atoms with Crippen molar-refractivity contribution in [3.05, 3.63) is 42.5 Å². The van der Waals surface area contributed by atoms with Crippen molar-refractivity contribution in [1.82, 2.24) is 9.55 Å². The number of rotatable bonds is 2. The number of benzene rings is 1. The molecule has 0 spiro atoms. The number of aromatic nitrogens is 2. The Morgan fingerprint density at radius 1 is 1.33 bits per heavy atom. The molecule has 1 aromatic heterocycles. The Morgan fingerprint density at radius 2 is 2.00 bits per heavy atom. The fourth-order valence-electron chi connectivity index (χ4n) is 1.22. The van der Waals surface area contributed by atoms with Crippen LogP contribution in [0.25, 0.3) is 5.69 Å². The van der Waals surface area contributed by atoms with Gasteiger partial charge in [0, 0.05) is 17.6 Å². The molecule has 1 aromatic carbocycles. The third-order valence-electron chi connectivity index (χ3n) is 1.99. The summed E-state index contributed by atoms with van der Waals surface area (Å²) < 4.78 is 1.63. The maximum atomic E-state index is 10.6. The third kappa shape index (κ3) is 1.80. The van der Waals surface area contributed by atoms with Crippen LogP contribution >= 0.6 is 0 Å². The summed E-state index contributed by atoms with van der Waals surface area (Å²) in [4.78, 5) is 14.4. The third-order valence-corrected chi connectivity index (χ3v) is 1.99. The molecule has 0 bridgehead atoms. The minimum atomic E-state index is -1.04. The van der Waals surface area contributed by atoms with Crippen molar-refractivity contribution in [3.8, 4) is 5.69 Å². The molecule has 0 aliphatic carbocycles. The second kappa shape index (κ2) is 3.45. The van der Waals surface area contributed by atoms with Crippen molar-refractivity contribution >= 4 is 11.7 Å². The molecule has 0 radical (unpaired) electrons. The van der Waals surface area contributed by atoms with Crippen molar-refractivity contribution < 1.29 is 9.90 Å². The molecular formula is C10H9N3O2. The maximum Gasteiger partial charge on any atom is 0.356 e. The summed E-state index contributed by atoms with van der Waals surface area (Å²) in [5.74, 6) is -1.04. The van der Waals surface area contributed by atoms with Crippen molar-refractivity contribution in [2.24, 2.45) is 0 Å². The smallest absolute Gasteiger partial charge is 0.356 e. The van der Waals surface area contributed by atoms with Crippen molar-refractivity contribution in [1.29, 1.82) is 0 Å². The number of anilines is 1. The van der Waals surface area contributed by atoms with Crippen LogP contribution in [0.15, 0.2) is 36.8 Å². The largest absolute Gasteiger partial charge is 0.476 e. The lowest BCUT2D eigenvalue weighted by atomic mass is 10.3. The second-order valence-corrected chi connectivity index (χ2v) is 3.06. The highest BCUT2D eigenvalue weighted by atomic mass is 16.4. The molecule has 0 saturated carbocycles. The van der Waals surface area contributed by atoms with Crippen molar-refractivity contribution in [2.45, 2.75) is 0 Å². The summed E-state index contributed by atoms with van der Waals surface area (Å²) in [5, 5.41) is 8.69. The average molecular weight is 203 g/mol. The molecule has 1 heterocycles. The van der Waals surface area contributed by atoms with Gasteiger partial charge in [-0.15, -0.1) is 0 Å². The van der Waals surface area contributed by atoms with E-state index in [1.165, 1.54) is 12.5 Å². The number of carboxylic acid groups (broad SMARTS) is 1. The van der Waals surface area contributed by atoms with E-state index in [4.69, 9.17) is 10.8 Å². The molecule has 0 saturated heterocycles. The Morgan fingerprint density at radius 3 is 2.53 bits per heavy atom. The quantitative estimate of drug-likeness (QED) is 0.717. The maximum absolute atomic E-state index is 10.6. The van der Waals surface area contributed by atoms with Crippen LogP contribution in [0.5, 0.6) is 0 Å². The molecular weight excluding hydrogens is 194 g/mol. The summed E-state index contributed by atoms with van der Waals surface area (Å²) in [7, 11) is 0. The fraction of sp³-hybridized carbons (Fsp3) is 0. The highest BCUT2D eigenvalue weighted by molar-refractivity contribution is 5.85. The number of nitrogens with two attached hydrogens (primary N) is 1. The molecule has 2 rings (SSSR count). The SMILES string of the molecule is Nc1ccc(-n2cnc(C(=O)O)c2)cc1. The van der Waals surface area contributed by atoms with E-state index in [2.05, 4.69) is 4.98 Å². The summed E-state index contributed by atoms with van der Waals surface area (Å²) in [5.41, 5.74) is 7.05. The van der Waals surface area contributed by atoms with Crippen LogP contribution in [0.1, 0.15) is 10.5 Å². The van der Waals surface area contributed by atoms with E-state index in [1.54, 1.807) is 28.8 Å². The van der Waals surface area contributed by atoms with E-state index in [-0.39, 0.29) is 5.69 Å². The van der Waals surface area contributed by atoms with Gasteiger partial charge in [-0.05, 0) is 24.3 Å². The molecule has 76 valence electrons. The van der Waals surface area contributed by atoms with Crippen LogP contribution in [0.4, 0.5) is 5.69 Å². The van der Waals surface area contributed by atoms with Crippen LogP contribution in [0.2, 0.25) is 0 Å². The normalized spacial score (nSPS) is 10.1. The topological polar surface area (TPSA) is 81.1 Å². The average Bonchev–Trinajstić information content (AvgIpc) is 2.68. The fourth-order valence-corrected chi connectivity index (χ4v) is 1.22. The first kappa shape index (κ1) is 9.26. The van der Waals surface area contributed by atoms with E-state index >= 15 is 0 Å². The van der Waals surface area contributed by atoms with E-state index in [0.717, 1.165) is 5.69 Å². The van der Waals surface area contributed by atoms with Gasteiger partial charge in [-0.1, -0.05) is 0 Å². The van der Waals surface area contributed by atoms with E-state index in [1.807, 2.05) is 0 Å². The van der Waals surface area contributed by atoms with Crippen LogP contribution in [-0.2, 0) is 0 Å². The van der Waals surface area contributed by atoms with Gasteiger partial charge in [-0.2, -0.15) is 0 Å². The van der Waals surface area contributed by atoms with E-state index in [0.29, 0.717) is 5.69 Å². The molecule has 2 aromatic rings. The van der Waals surface area contributed by atoms with Crippen LogP contribution in [0, 0.1) is 0 Å². The van der Waals surface area contributed by atoms with Gasteiger partial charge in [0.05, 0.1) is 0 Å². The Labute approximate surface area is 85.8 Å². The first-order valence-corrected chi connectivity index (χ1v) is 4.30. The molecule has 5 nitrogen and oxygen atoms in total. The molecule has 0 aliphatic rings. The van der Waals surface area contributed by atoms with Gasteiger partial charge >= 0.3 is 5.97 Å². The van der Waals surface area contributed by atoms with Crippen molar-refractivity contribution in [3.63, 3.8) is 0 Å². The van der Waals surface area contributed by atoms with Gasteiger partial charge in [0.15, 0.2) is 5.69 Å². The van der Waals surface area contributed by atoms with Gasteiger partial charge in [0.25, 0.3) is 0 Å². The molecule has 0 unspecified atom stereocenters. The summed E-state index contributed by atoms with van der Waals surface area (Å²) in [6.07, 6.45) is 2.91. The minimum absolute atomic E-state index is 0.0202. The predicted octanol–water partition coefficient (Wildman–Crippen LogP) is 1.15. The Balaban J connectivity index is 2.37. The summed E-state index contributed by atoms with van der Waals surface area (Å²) in [6, 6.07) is 7.08. The van der Waals surface area contributed by atoms with Gasteiger partial charge < -0.3 is 15.4 Å². The van der Waals surface area contributed by atoms with Crippen LogP contribution < -0.4 is 5.73 Å². The zero-order chi connectivity index (χ0) is 10.8. The number of aromatic carboxylic acids is 1. The molecule has 0 atom stereocenters. The number of imidazole rings is 1. The monoisotopic (exact) mass is 203 g/mol. The number of nitrogen functional groups attached to an aromatic ring is 1. The molecule has 0 aliphatic heterocycles. The predicted molar refractivity (Wildman–Crippen MR) is 54.9 cm³/mol. The second-order valence-electron chi connectivity index (χ2n) is 3.06. The number of hydrogen-bond acceptors (Lipinski definition) is 3. The van der Waals surface area contributed by atoms with Crippen molar-refractivity contribution in [2.75, 3.05) is 5.73 Å². The van der Waals surface area contributed by atoms with Crippen LogP contribution in [0.3, 0.4) is 0 Å². The molecule has 15 heavy (non-hydrogen) atoms. The van der Waals surface area contributed by atoms with E-state index < -0.39 is 5.97 Å². The number of nitrogens with zero attached hydrogens (tertiary/aromatic N) is 2. The lowest BCUT2D eigenvalue weighted by Gasteiger charge is -2.00. The van der Waals surface area contributed by atoms with Crippen LogP contribution in [-0.4, -0.2) is 20.6 Å². The number of carboxylic acids is 1. The zero-order valence-electron chi connectivity index (χ0n) is 7.79. The first-order valence-electron chi connectivity index (χ1n) is 4.30. The van der Waals surface area contributed by atoms with Gasteiger partial charge in [-0.25, -0.2) is 9.78 Å². The molecule has 0 amide bonds. The Bertz CT molecular complexity index is 488. The first-order chi connectivity index (χ1) is 7.16. The summed E-state index contributed by atoms with van der Waals surface area (Å²) >= 11 is 0. The standard InChI is InChI=1S/C10H9N3O2/c11-7-1-3-8(4-2-7)13-5-9(10(14)15)12-6-13/h1-6H,11H2,(H,14,15). The molecule has 0 fully saturated rings. The lowest BCUT2D eigenvalue weighted by Crippen LogP contribution is -1.96. The number of hydrogen-bond donors (Lipinski definition) is 2. The molecule has 3 N–H and O–H groups in total. The highest BCUT2D eigenvalue weighted by Crippen LogP contribution is 2.11. The van der Waals surface area contributed by atoms with Gasteiger partial charge in [-0.3, -0.25) is 0 Å².